The third-order valence-corrected chi connectivity index (χ3v) is 3.25. The van der Waals surface area contributed by atoms with Gasteiger partial charge in [-0.05, 0) is 26.7 Å². The molecule has 0 spiro atoms. The first-order chi connectivity index (χ1) is 8.49. The maximum Gasteiger partial charge on any atom is 0.410 e. The van der Waals surface area contributed by atoms with Crippen LogP contribution in [0.4, 0.5) is 4.79 Å². The minimum Gasteiger partial charge on any atom is -0.479 e. The van der Waals surface area contributed by atoms with Gasteiger partial charge in [-0.3, -0.25) is 4.90 Å². The van der Waals surface area contributed by atoms with Crippen LogP contribution in [-0.2, 0) is 9.53 Å². The SMILES string of the molecule is CCCCC(CC)(C(=O)O)N(CC)C(=O)OCC. The molecule has 0 fully saturated rings. The summed E-state index contributed by atoms with van der Waals surface area (Å²) in [5.74, 6) is -0.951. The molecule has 5 nitrogen and oxygen atoms in total. The van der Waals surface area contributed by atoms with Gasteiger partial charge >= 0.3 is 12.1 Å². The Hall–Kier alpha value is -1.26. The van der Waals surface area contributed by atoms with Crippen molar-refractivity contribution in [3.8, 4) is 0 Å². The Kier molecular flexibility index (Phi) is 7.39. The highest BCUT2D eigenvalue weighted by Gasteiger charge is 2.44. The largest absolute Gasteiger partial charge is 0.479 e. The summed E-state index contributed by atoms with van der Waals surface area (Å²) in [6.45, 7) is 7.88. The monoisotopic (exact) mass is 259 g/mol. The zero-order valence-corrected chi connectivity index (χ0v) is 11.9. The van der Waals surface area contributed by atoms with Crippen molar-refractivity contribution < 1.29 is 19.4 Å². The molecule has 5 heteroatoms. The van der Waals surface area contributed by atoms with E-state index in [4.69, 9.17) is 4.74 Å². The van der Waals surface area contributed by atoms with E-state index in [1.807, 2.05) is 6.92 Å². The zero-order valence-electron chi connectivity index (χ0n) is 11.9. The number of carbonyl (C=O) groups excluding carboxylic acids is 1. The number of hydrogen-bond donors (Lipinski definition) is 1. The van der Waals surface area contributed by atoms with Gasteiger partial charge in [0.05, 0.1) is 6.61 Å². The molecule has 0 heterocycles. The predicted octanol–water partition coefficient (Wildman–Crippen LogP) is 2.89. The summed E-state index contributed by atoms with van der Waals surface area (Å²) in [7, 11) is 0. The number of aliphatic carboxylic acids is 1. The minimum atomic E-state index is -1.14. The quantitative estimate of drug-likeness (QED) is 0.727. The van der Waals surface area contributed by atoms with Crippen LogP contribution in [0.1, 0.15) is 53.4 Å². The lowest BCUT2D eigenvalue weighted by Gasteiger charge is -2.38. The van der Waals surface area contributed by atoms with E-state index in [0.717, 1.165) is 12.8 Å². The number of hydrogen-bond acceptors (Lipinski definition) is 3. The number of carboxylic acids is 1. The molecule has 0 radical (unpaired) electrons. The molecule has 0 aliphatic rings. The third kappa shape index (κ3) is 3.62. The molecule has 0 saturated heterocycles. The number of rotatable bonds is 8. The molecular weight excluding hydrogens is 234 g/mol. The standard InChI is InChI=1S/C13H25NO4/c1-5-9-10-13(6-2,11(15)16)14(7-3)12(17)18-8-4/h5-10H2,1-4H3,(H,15,16). The van der Waals surface area contributed by atoms with Gasteiger partial charge in [0.2, 0.25) is 0 Å². The van der Waals surface area contributed by atoms with Crippen molar-refractivity contribution in [1.29, 1.82) is 0 Å². The maximum atomic E-state index is 11.9. The number of carbonyl (C=O) groups is 2. The van der Waals surface area contributed by atoms with E-state index in [0.29, 0.717) is 19.4 Å². The molecule has 1 amide bonds. The van der Waals surface area contributed by atoms with E-state index in [1.54, 1.807) is 20.8 Å². The van der Waals surface area contributed by atoms with Crippen LogP contribution in [0.25, 0.3) is 0 Å². The third-order valence-electron chi connectivity index (χ3n) is 3.25. The summed E-state index contributed by atoms with van der Waals surface area (Å²) in [6.07, 6.45) is 1.97. The molecule has 106 valence electrons. The van der Waals surface area contributed by atoms with Crippen molar-refractivity contribution >= 4 is 12.1 Å². The summed E-state index contributed by atoms with van der Waals surface area (Å²) >= 11 is 0. The Labute approximate surface area is 109 Å². The fraction of sp³-hybridized carbons (Fsp3) is 0.846. The molecule has 0 aromatic heterocycles. The predicted molar refractivity (Wildman–Crippen MR) is 69.6 cm³/mol. The van der Waals surface area contributed by atoms with Crippen LogP contribution in [0.2, 0.25) is 0 Å². The lowest BCUT2D eigenvalue weighted by Crippen LogP contribution is -2.56. The summed E-state index contributed by atoms with van der Waals surface area (Å²) in [5, 5.41) is 9.52. The van der Waals surface area contributed by atoms with E-state index in [9.17, 15) is 14.7 Å². The van der Waals surface area contributed by atoms with Crippen molar-refractivity contribution in [3.05, 3.63) is 0 Å². The fourth-order valence-corrected chi connectivity index (χ4v) is 2.15. The Bertz CT molecular complexity index is 280. The second-order valence-electron chi connectivity index (χ2n) is 4.24. The van der Waals surface area contributed by atoms with Crippen LogP contribution in [0.3, 0.4) is 0 Å². The molecule has 0 saturated carbocycles. The van der Waals surface area contributed by atoms with Crippen molar-refractivity contribution in [2.24, 2.45) is 0 Å². The highest BCUT2D eigenvalue weighted by molar-refractivity contribution is 5.84. The van der Waals surface area contributed by atoms with Gasteiger partial charge in [-0.2, -0.15) is 0 Å². The van der Waals surface area contributed by atoms with Crippen LogP contribution in [0.5, 0.6) is 0 Å². The molecule has 0 rings (SSSR count). The van der Waals surface area contributed by atoms with Crippen LogP contribution in [0, 0.1) is 0 Å². The van der Waals surface area contributed by atoms with Crippen molar-refractivity contribution in [2.75, 3.05) is 13.2 Å². The molecular formula is C13H25NO4. The topological polar surface area (TPSA) is 66.8 Å². The Morgan fingerprint density at radius 2 is 1.83 bits per heavy atom. The highest BCUT2D eigenvalue weighted by Crippen LogP contribution is 2.27. The second-order valence-corrected chi connectivity index (χ2v) is 4.24. The lowest BCUT2D eigenvalue weighted by atomic mass is 9.88. The van der Waals surface area contributed by atoms with Gasteiger partial charge in [-0.1, -0.05) is 26.7 Å². The molecule has 0 aromatic carbocycles. The first-order valence-corrected chi connectivity index (χ1v) is 6.67. The summed E-state index contributed by atoms with van der Waals surface area (Å²) in [5.41, 5.74) is -1.14. The average Bonchev–Trinajstić information content (AvgIpc) is 2.34. The minimum absolute atomic E-state index is 0.253. The Morgan fingerprint density at radius 1 is 1.22 bits per heavy atom. The zero-order chi connectivity index (χ0) is 14.2. The summed E-state index contributed by atoms with van der Waals surface area (Å²) in [4.78, 5) is 24.8. The van der Waals surface area contributed by atoms with Crippen molar-refractivity contribution in [1.82, 2.24) is 4.90 Å². The molecule has 0 bridgehead atoms. The maximum absolute atomic E-state index is 11.9. The first kappa shape index (κ1) is 16.7. The summed E-state index contributed by atoms with van der Waals surface area (Å²) < 4.78 is 4.96. The first-order valence-electron chi connectivity index (χ1n) is 6.67. The second kappa shape index (κ2) is 7.95. The summed E-state index contributed by atoms with van der Waals surface area (Å²) in [6, 6.07) is 0. The van der Waals surface area contributed by atoms with E-state index in [2.05, 4.69) is 0 Å². The van der Waals surface area contributed by atoms with Gasteiger partial charge in [-0.15, -0.1) is 0 Å². The van der Waals surface area contributed by atoms with Crippen molar-refractivity contribution in [3.63, 3.8) is 0 Å². The Morgan fingerprint density at radius 3 is 2.17 bits per heavy atom. The lowest BCUT2D eigenvalue weighted by molar-refractivity contribution is -0.151. The van der Waals surface area contributed by atoms with Crippen LogP contribution < -0.4 is 0 Å². The molecule has 1 N–H and O–H groups in total. The number of likely N-dealkylation sites (N-methyl/N-ethyl adjacent to an activating group) is 1. The van der Waals surface area contributed by atoms with Gasteiger partial charge in [-0.25, -0.2) is 9.59 Å². The smallest absolute Gasteiger partial charge is 0.410 e. The van der Waals surface area contributed by atoms with Gasteiger partial charge in [0.15, 0.2) is 0 Å². The van der Waals surface area contributed by atoms with E-state index in [-0.39, 0.29) is 6.61 Å². The molecule has 1 atom stereocenters. The molecule has 0 aliphatic carbocycles. The van der Waals surface area contributed by atoms with E-state index >= 15 is 0 Å². The van der Waals surface area contributed by atoms with Gasteiger partial charge in [0.1, 0.15) is 5.54 Å². The van der Waals surface area contributed by atoms with E-state index < -0.39 is 17.6 Å². The van der Waals surface area contributed by atoms with Gasteiger partial charge in [0.25, 0.3) is 0 Å². The highest BCUT2D eigenvalue weighted by atomic mass is 16.6. The number of unbranched alkanes of at least 4 members (excludes halogenated alkanes) is 1. The number of amides is 1. The van der Waals surface area contributed by atoms with E-state index in [1.165, 1.54) is 4.90 Å². The van der Waals surface area contributed by atoms with Crippen LogP contribution in [0.15, 0.2) is 0 Å². The number of carboxylic acid groups (broad SMARTS) is 1. The fourth-order valence-electron chi connectivity index (χ4n) is 2.15. The van der Waals surface area contributed by atoms with Crippen LogP contribution >= 0.6 is 0 Å². The molecule has 0 aromatic rings. The average molecular weight is 259 g/mol. The van der Waals surface area contributed by atoms with Crippen LogP contribution in [-0.4, -0.2) is 40.8 Å². The number of nitrogens with zero attached hydrogens (tertiary/aromatic N) is 1. The number of ether oxygens (including phenoxy) is 1. The van der Waals surface area contributed by atoms with Crippen molar-refractivity contribution in [2.45, 2.75) is 58.9 Å². The van der Waals surface area contributed by atoms with Gasteiger partial charge in [0, 0.05) is 6.54 Å². The normalized spacial score (nSPS) is 13.8. The van der Waals surface area contributed by atoms with Gasteiger partial charge < -0.3 is 9.84 Å². The molecule has 18 heavy (non-hydrogen) atoms. The molecule has 0 aliphatic heterocycles. The Balaban J connectivity index is 5.22. The molecule has 1 unspecified atom stereocenters.